The van der Waals surface area contributed by atoms with Crippen molar-refractivity contribution in [3.05, 3.63) is 35.6 Å². The average molecular weight is 266 g/mol. The molecule has 0 aromatic heterocycles. The van der Waals surface area contributed by atoms with Crippen LogP contribution in [0.2, 0.25) is 0 Å². The number of hydrogen-bond acceptors (Lipinski definition) is 2. The lowest BCUT2D eigenvalue weighted by atomic mass is 9.91. The summed E-state index contributed by atoms with van der Waals surface area (Å²) in [6, 6.07) is 6.02. The number of carboxylic acid groups (broad SMARTS) is 1. The lowest BCUT2D eigenvalue weighted by Crippen LogP contribution is -2.27. The van der Waals surface area contributed by atoms with Crippen molar-refractivity contribution in [2.45, 2.75) is 38.2 Å². The summed E-state index contributed by atoms with van der Waals surface area (Å²) in [6.45, 7) is 0.730. The Kier molecular flexibility index (Phi) is 4.91. The molecule has 0 saturated carbocycles. The summed E-state index contributed by atoms with van der Waals surface area (Å²) < 4.78 is 18.4. The molecule has 1 aliphatic heterocycles. The molecule has 0 radical (unpaired) electrons. The van der Waals surface area contributed by atoms with E-state index >= 15 is 0 Å². The number of carboxylic acids is 1. The number of hydrogen-bond donors (Lipinski definition) is 1. The van der Waals surface area contributed by atoms with Gasteiger partial charge in [0.15, 0.2) is 0 Å². The summed E-state index contributed by atoms with van der Waals surface area (Å²) in [6.07, 6.45) is 4.12. The summed E-state index contributed by atoms with van der Waals surface area (Å²) in [5.74, 6) is -1.57. The Hall–Kier alpha value is -1.42. The summed E-state index contributed by atoms with van der Waals surface area (Å²) in [5, 5.41) is 9.29. The largest absolute Gasteiger partial charge is 0.481 e. The molecule has 1 saturated heterocycles. The van der Waals surface area contributed by atoms with E-state index < -0.39 is 11.9 Å². The van der Waals surface area contributed by atoms with Gasteiger partial charge in [0.1, 0.15) is 5.82 Å². The fourth-order valence-electron chi connectivity index (χ4n) is 2.49. The quantitative estimate of drug-likeness (QED) is 0.891. The highest BCUT2D eigenvalue weighted by Crippen LogP contribution is 2.22. The van der Waals surface area contributed by atoms with Gasteiger partial charge in [-0.15, -0.1) is 0 Å². The minimum Gasteiger partial charge on any atom is -0.481 e. The molecule has 4 heteroatoms. The molecule has 0 aliphatic carbocycles. The van der Waals surface area contributed by atoms with Crippen molar-refractivity contribution in [1.29, 1.82) is 0 Å². The molecule has 0 bridgehead atoms. The number of benzene rings is 1. The lowest BCUT2D eigenvalue weighted by Gasteiger charge is -2.25. The minimum atomic E-state index is -0.807. The third-order valence-electron chi connectivity index (χ3n) is 3.57. The monoisotopic (exact) mass is 266 g/mol. The van der Waals surface area contributed by atoms with Crippen LogP contribution in [0.1, 0.15) is 31.2 Å². The second kappa shape index (κ2) is 6.66. The highest BCUT2D eigenvalue weighted by atomic mass is 19.1. The third kappa shape index (κ3) is 4.31. The topological polar surface area (TPSA) is 46.5 Å². The zero-order valence-electron chi connectivity index (χ0n) is 10.8. The Labute approximate surface area is 112 Å². The van der Waals surface area contributed by atoms with Crippen LogP contribution < -0.4 is 0 Å². The third-order valence-corrected chi connectivity index (χ3v) is 3.57. The van der Waals surface area contributed by atoms with Crippen molar-refractivity contribution in [2.24, 2.45) is 5.92 Å². The van der Waals surface area contributed by atoms with E-state index in [2.05, 4.69) is 0 Å². The second-order valence-electron chi connectivity index (χ2n) is 5.09. The zero-order chi connectivity index (χ0) is 13.7. The molecule has 1 aromatic carbocycles. The Morgan fingerprint density at radius 1 is 1.37 bits per heavy atom. The Morgan fingerprint density at radius 2 is 2.11 bits per heavy atom. The molecule has 0 spiro atoms. The predicted octanol–water partition coefficient (Wildman–Crippen LogP) is 3.03. The first-order valence-electron chi connectivity index (χ1n) is 6.74. The summed E-state index contributed by atoms with van der Waals surface area (Å²) >= 11 is 0. The first-order chi connectivity index (χ1) is 9.15. The highest BCUT2D eigenvalue weighted by molar-refractivity contribution is 5.70. The fourth-order valence-corrected chi connectivity index (χ4v) is 2.49. The van der Waals surface area contributed by atoms with E-state index in [1.54, 1.807) is 12.1 Å². The van der Waals surface area contributed by atoms with Gasteiger partial charge in [-0.3, -0.25) is 4.79 Å². The van der Waals surface area contributed by atoms with Gasteiger partial charge < -0.3 is 9.84 Å². The zero-order valence-corrected chi connectivity index (χ0v) is 10.8. The van der Waals surface area contributed by atoms with Crippen molar-refractivity contribution >= 4 is 5.97 Å². The molecule has 1 fully saturated rings. The molecule has 104 valence electrons. The van der Waals surface area contributed by atoms with Gasteiger partial charge in [0.25, 0.3) is 0 Å². The van der Waals surface area contributed by atoms with Crippen molar-refractivity contribution < 1.29 is 19.0 Å². The van der Waals surface area contributed by atoms with Crippen LogP contribution in [0.5, 0.6) is 0 Å². The highest BCUT2D eigenvalue weighted by Gasteiger charge is 2.24. The van der Waals surface area contributed by atoms with E-state index in [0.717, 1.165) is 31.4 Å². The van der Waals surface area contributed by atoms with Gasteiger partial charge in [0.05, 0.1) is 12.0 Å². The van der Waals surface area contributed by atoms with Crippen molar-refractivity contribution in [3.63, 3.8) is 0 Å². The molecule has 2 unspecified atom stereocenters. The second-order valence-corrected chi connectivity index (χ2v) is 5.09. The number of carbonyl (C=O) groups is 1. The molecule has 1 aromatic rings. The predicted molar refractivity (Wildman–Crippen MR) is 69.4 cm³/mol. The Morgan fingerprint density at radius 3 is 2.68 bits per heavy atom. The molecular formula is C15H19FO3. The van der Waals surface area contributed by atoms with E-state index in [-0.39, 0.29) is 11.9 Å². The Balaban J connectivity index is 1.95. The minimum absolute atomic E-state index is 0.0512. The molecule has 1 N–H and O–H groups in total. The molecule has 2 rings (SSSR count). The van der Waals surface area contributed by atoms with Crippen LogP contribution in [0.3, 0.4) is 0 Å². The van der Waals surface area contributed by atoms with Gasteiger partial charge in [-0.05, 0) is 49.8 Å². The van der Waals surface area contributed by atoms with Crippen LogP contribution in [-0.2, 0) is 16.0 Å². The van der Waals surface area contributed by atoms with Crippen LogP contribution in [-0.4, -0.2) is 23.8 Å². The average Bonchev–Trinajstić information content (AvgIpc) is 2.41. The molecular weight excluding hydrogens is 247 g/mol. The smallest absolute Gasteiger partial charge is 0.306 e. The van der Waals surface area contributed by atoms with Gasteiger partial charge in [0, 0.05) is 6.61 Å². The maximum atomic E-state index is 12.8. The summed E-state index contributed by atoms with van der Waals surface area (Å²) in [5.41, 5.74) is 0.851. The van der Waals surface area contributed by atoms with E-state index in [9.17, 15) is 14.3 Å². The molecule has 3 nitrogen and oxygen atoms in total. The first-order valence-corrected chi connectivity index (χ1v) is 6.74. The normalized spacial score (nSPS) is 21.0. The number of aliphatic carboxylic acids is 1. The van der Waals surface area contributed by atoms with Crippen molar-refractivity contribution in [3.8, 4) is 0 Å². The number of ether oxygens (including phenoxy) is 1. The van der Waals surface area contributed by atoms with Crippen LogP contribution in [0.4, 0.5) is 4.39 Å². The molecule has 2 atom stereocenters. The van der Waals surface area contributed by atoms with Gasteiger partial charge in [-0.2, -0.15) is 0 Å². The molecule has 0 amide bonds. The van der Waals surface area contributed by atoms with Gasteiger partial charge in [0.2, 0.25) is 0 Å². The summed E-state index contributed by atoms with van der Waals surface area (Å²) in [4.78, 5) is 11.3. The fraction of sp³-hybridized carbons (Fsp3) is 0.533. The van der Waals surface area contributed by atoms with E-state index in [4.69, 9.17) is 4.74 Å². The van der Waals surface area contributed by atoms with E-state index in [1.165, 1.54) is 12.1 Å². The van der Waals surface area contributed by atoms with E-state index in [0.29, 0.717) is 12.8 Å². The van der Waals surface area contributed by atoms with Crippen LogP contribution in [0, 0.1) is 11.7 Å². The van der Waals surface area contributed by atoms with Gasteiger partial charge in [-0.1, -0.05) is 12.1 Å². The molecule has 19 heavy (non-hydrogen) atoms. The van der Waals surface area contributed by atoms with Crippen molar-refractivity contribution in [2.75, 3.05) is 6.61 Å². The number of halogens is 1. The maximum Gasteiger partial charge on any atom is 0.306 e. The standard InChI is InChI=1S/C15H19FO3/c16-13-6-4-11(5-7-13)9-12(15(17)18)10-14-3-1-2-8-19-14/h4-7,12,14H,1-3,8-10H2,(H,17,18). The Bertz CT molecular complexity index is 410. The van der Waals surface area contributed by atoms with E-state index in [1.807, 2.05) is 0 Å². The van der Waals surface area contributed by atoms with Crippen LogP contribution >= 0.6 is 0 Å². The molecule has 1 heterocycles. The molecule has 1 aliphatic rings. The van der Waals surface area contributed by atoms with Gasteiger partial charge >= 0.3 is 5.97 Å². The SMILES string of the molecule is O=C(O)C(Cc1ccc(F)cc1)CC1CCCCO1. The lowest BCUT2D eigenvalue weighted by molar-refractivity contribution is -0.143. The van der Waals surface area contributed by atoms with Crippen LogP contribution in [0.25, 0.3) is 0 Å². The summed E-state index contributed by atoms with van der Waals surface area (Å²) in [7, 11) is 0. The van der Waals surface area contributed by atoms with Gasteiger partial charge in [-0.25, -0.2) is 4.39 Å². The number of rotatable bonds is 5. The van der Waals surface area contributed by atoms with Crippen LogP contribution in [0.15, 0.2) is 24.3 Å². The maximum absolute atomic E-state index is 12.8. The first kappa shape index (κ1) is 14.0. The van der Waals surface area contributed by atoms with Crippen molar-refractivity contribution in [1.82, 2.24) is 0 Å².